The quantitative estimate of drug-likeness (QED) is 0.666. The Bertz CT molecular complexity index is 1050. The zero-order valence-corrected chi connectivity index (χ0v) is 17.0. The van der Waals surface area contributed by atoms with E-state index in [4.69, 9.17) is 9.15 Å². The third-order valence-electron chi connectivity index (χ3n) is 5.15. The number of anilines is 1. The fraction of sp³-hybridized carbons (Fsp3) is 0.304. The van der Waals surface area contributed by atoms with Gasteiger partial charge < -0.3 is 19.4 Å². The van der Waals surface area contributed by atoms with Gasteiger partial charge in [-0.3, -0.25) is 4.79 Å². The number of aromatic nitrogens is 1. The number of amides is 1. The molecule has 156 valence electrons. The van der Waals surface area contributed by atoms with E-state index in [1.165, 1.54) is 11.6 Å². The molecule has 0 spiro atoms. The second kappa shape index (κ2) is 8.57. The molecule has 0 bridgehead atoms. The zero-order chi connectivity index (χ0) is 21.1. The molecule has 30 heavy (non-hydrogen) atoms. The van der Waals surface area contributed by atoms with E-state index >= 15 is 0 Å². The van der Waals surface area contributed by atoms with Gasteiger partial charge in [0.1, 0.15) is 18.1 Å². The highest BCUT2D eigenvalue weighted by molar-refractivity contribution is 5.91. The third-order valence-corrected chi connectivity index (χ3v) is 5.15. The summed E-state index contributed by atoms with van der Waals surface area (Å²) in [6.07, 6.45) is 2.28. The Morgan fingerprint density at radius 1 is 1.30 bits per heavy atom. The van der Waals surface area contributed by atoms with Gasteiger partial charge in [0.2, 0.25) is 0 Å². The minimum atomic E-state index is -0.357. The SMILES string of the molecule is Cc1ccc(OCc2ccc(C(=O)NC3CCN(c4ncccc4F)C3)o2)c(C)c1. The van der Waals surface area contributed by atoms with E-state index < -0.39 is 0 Å². The number of ether oxygens (including phenoxy) is 1. The van der Waals surface area contributed by atoms with Crippen molar-refractivity contribution in [2.45, 2.75) is 32.9 Å². The van der Waals surface area contributed by atoms with Crippen LogP contribution in [-0.4, -0.2) is 30.0 Å². The average molecular weight is 409 g/mol. The molecule has 3 aromatic rings. The summed E-state index contributed by atoms with van der Waals surface area (Å²) < 4.78 is 25.4. The summed E-state index contributed by atoms with van der Waals surface area (Å²) in [6, 6.07) is 12.2. The number of carbonyl (C=O) groups excluding carboxylic acids is 1. The number of halogens is 1. The van der Waals surface area contributed by atoms with Crippen LogP contribution in [0.5, 0.6) is 5.75 Å². The standard InChI is InChI=1S/C23H24FN3O3/c1-15-5-7-20(16(2)12-15)29-14-18-6-8-21(30-18)23(28)26-17-9-11-27(13-17)22-19(24)4-3-10-25-22/h3-8,10,12,17H,9,11,13-14H2,1-2H3,(H,26,28). The van der Waals surface area contributed by atoms with Gasteiger partial charge in [-0.25, -0.2) is 9.37 Å². The summed E-state index contributed by atoms with van der Waals surface area (Å²) in [5.74, 6) is 1.26. The lowest BCUT2D eigenvalue weighted by Crippen LogP contribution is -2.37. The van der Waals surface area contributed by atoms with Crippen molar-refractivity contribution >= 4 is 11.7 Å². The third kappa shape index (κ3) is 4.45. The first-order chi connectivity index (χ1) is 14.5. The monoisotopic (exact) mass is 409 g/mol. The largest absolute Gasteiger partial charge is 0.485 e. The Hall–Kier alpha value is -3.35. The summed E-state index contributed by atoms with van der Waals surface area (Å²) in [7, 11) is 0. The van der Waals surface area contributed by atoms with Crippen LogP contribution in [0.2, 0.25) is 0 Å². The van der Waals surface area contributed by atoms with E-state index in [1.807, 2.05) is 30.9 Å². The second-order valence-corrected chi connectivity index (χ2v) is 7.54. The van der Waals surface area contributed by atoms with Gasteiger partial charge in [0.25, 0.3) is 5.91 Å². The molecule has 1 atom stereocenters. The van der Waals surface area contributed by atoms with Crippen molar-refractivity contribution in [1.82, 2.24) is 10.3 Å². The molecule has 1 saturated heterocycles. The smallest absolute Gasteiger partial charge is 0.287 e. The minimum Gasteiger partial charge on any atom is -0.485 e. The highest BCUT2D eigenvalue weighted by Crippen LogP contribution is 2.22. The average Bonchev–Trinajstić information content (AvgIpc) is 3.37. The molecule has 1 N–H and O–H groups in total. The lowest BCUT2D eigenvalue weighted by atomic mass is 10.1. The van der Waals surface area contributed by atoms with Crippen LogP contribution in [0.4, 0.5) is 10.2 Å². The van der Waals surface area contributed by atoms with Crippen LogP contribution in [0.1, 0.15) is 33.9 Å². The summed E-state index contributed by atoms with van der Waals surface area (Å²) in [5, 5.41) is 2.95. The van der Waals surface area contributed by atoms with Gasteiger partial charge in [0, 0.05) is 25.3 Å². The van der Waals surface area contributed by atoms with Crippen LogP contribution >= 0.6 is 0 Å². The number of nitrogens with one attached hydrogen (secondary N) is 1. The molecule has 1 unspecified atom stereocenters. The number of hydrogen-bond donors (Lipinski definition) is 1. The predicted octanol–water partition coefficient (Wildman–Crippen LogP) is 4.02. The lowest BCUT2D eigenvalue weighted by molar-refractivity contribution is 0.0908. The number of benzene rings is 1. The van der Waals surface area contributed by atoms with Crippen LogP contribution < -0.4 is 15.0 Å². The van der Waals surface area contributed by atoms with E-state index in [0.29, 0.717) is 31.1 Å². The molecule has 4 rings (SSSR count). The molecule has 7 heteroatoms. The minimum absolute atomic E-state index is 0.0982. The van der Waals surface area contributed by atoms with Crippen molar-refractivity contribution in [3.8, 4) is 5.75 Å². The van der Waals surface area contributed by atoms with Gasteiger partial charge in [0.15, 0.2) is 17.4 Å². The summed E-state index contributed by atoms with van der Waals surface area (Å²) in [5.41, 5.74) is 2.22. The number of carbonyl (C=O) groups is 1. The maximum absolute atomic E-state index is 13.9. The van der Waals surface area contributed by atoms with Crippen LogP contribution in [-0.2, 0) is 6.61 Å². The molecular formula is C23H24FN3O3. The molecule has 0 saturated carbocycles. The topological polar surface area (TPSA) is 67.6 Å². The molecule has 1 aromatic carbocycles. The van der Waals surface area contributed by atoms with E-state index in [1.54, 1.807) is 24.4 Å². The Labute approximate surface area is 174 Å². The highest BCUT2D eigenvalue weighted by Gasteiger charge is 2.27. The predicted molar refractivity (Wildman–Crippen MR) is 111 cm³/mol. The molecule has 6 nitrogen and oxygen atoms in total. The van der Waals surface area contributed by atoms with Gasteiger partial charge in [-0.15, -0.1) is 0 Å². The van der Waals surface area contributed by atoms with E-state index in [-0.39, 0.29) is 30.1 Å². The zero-order valence-electron chi connectivity index (χ0n) is 17.0. The molecule has 2 aromatic heterocycles. The first kappa shape index (κ1) is 19.9. The Morgan fingerprint density at radius 3 is 2.97 bits per heavy atom. The highest BCUT2D eigenvalue weighted by atomic mass is 19.1. The Kier molecular flexibility index (Phi) is 5.70. The van der Waals surface area contributed by atoms with Crippen LogP contribution in [0.3, 0.4) is 0 Å². The molecular weight excluding hydrogens is 385 g/mol. The van der Waals surface area contributed by atoms with Crippen molar-refractivity contribution in [1.29, 1.82) is 0 Å². The first-order valence-corrected chi connectivity index (χ1v) is 9.94. The van der Waals surface area contributed by atoms with Gasteiger partial charge >= 0.3 is 0 Å². The van der Waals surface area contributed by atoms with Gasteiger partial charge in [-0.1, -0.05) is 17.7 Å². The van der Waals surface area contributed by atoms with Gasteiger partial charge in [-0.2, -0.15) is 0 Å². The number of nitrogens with zero attached hydrogens (tertiary/aromatic N) is 2. The second-order valence-electron chi connectivity index (χ2n) is 7.54. The van der Waals surface area contributed by atoms with Crippen molar-refractivity contribution < 1.29 is 18.3 Å². The Morgan fingerprint density at radius 2 is 2.17 bits per heavy atom. The molecule has 0 radical (unpaired) electrons. The maximum Gasteiger partial charge on any atom is 0.287 e. The van der Waals surface area contributed by atoms with E-state index in [0.717, 1.165) is 11.3 Å². The number of aryl methyl sites for hydroxylation is 2. The van der Waals surface area contributed by atoms with Crippen LogP contribution in [0, 0.1) is 19.7 Å². The normalized spacial score (nSPS) is 16.0. The summed E-state index contributed by atoms with van der Waals surface area (Å²) >= 11 is 0. The maximum atomic E-state index is 13.9. The summed E-state index contributed by atoms with van der Waals surface area (Å²) in [4.78, 5) is 18.5. The molecule has 1 amide bonds. The summed E-state index contributed by atoms with van der Waals surface area (Å²) in [6.45, 7) is 5.40. The first-order valence-electron chi connectivity index (χ1n) is 9.94. The van der Waals surface area contributed by atoms with Gasteiger partial charge in [0.05, 0.1) is 0 Å². The fourth-order valence-corrected chi connectivity index (χ4v) is 3.62. The number of rotatable bonds is 6. The molecule has 1 fully saturated rings. The van der Waals surface area contributed by atoms with Crippen LogP contribution in [0.25, 0.3) is 0 Å². The van der Waals surface area contributed by atoms with Crippen LogP contribution in [0.15, 0.2) is 53.1 Å². The Balaban J connectivity index is 1.31. The number of pyridine rings is 1. The van der Waals surface area contributed by atoms with Gasteiger partial charge in [-0.05, 0) is 56.2 Å². The fourth-order valence-electron chi connectivity index (χ4n) is 3.62. The van der Waals surface area contributed by atoms with Crippen molar-refractivity contribution in [3.63, 3.8) is 0 Å². The van der Waals surface area contributed by atoms with E-state index in [2.05, 4.69) is 16.4 Å². The van der Waals surface area contributed by atoms with Crippen molar-refractivity contribution in [2.24, 2.45) is 0 Å². The lowest BCUT2D eigenvalue weighted by Gasteiger charge is -2.18. The van der Waals surface area contributed by atoms with Crippen molar-refractivity contribution in [2.75, 3.05) is 18.0 Å². The number of hydrogen-bond acceptors (Lipinski definition) is 5. The van der Waals surface area contributed by atoms with E-state index in [9.17, 15) is 9.18 Å². The molecule has 3 heterocycles. The van der Waals surface area contributed by atoms with Crippen molar-refractivity contribution in [3.05, 3.63) is 77.1 Å². The number of furan rings is 1. The molecule has 0 aliphatic carbocycles. The molecule has 1 aliphatic heterocycles. The molecule has 1 aliphatic rings.